The second kappa shape index (κ2) is 7.48. The first-order chi connectivity index (χ1) is 11.0. The van der Waals surface area contributed by atoms with Gasteiger partial charge in [-0.1, -0.05) is 30.3 Å². The third-order valence-electron chi connectivity index (χ3n) is 4.88. The van der Waals surface area contributed by atoms with Crippen LogP contribution in [0.1, 0.15) is 18.9 Å². The second-order valence-electron chi connectivity index (χ2n) is 6.37. The fourth-order valence-electron chi connectivity index (χ4n) is 3.35. The van der Waals surface area contributed by atoms with Gasteiger partial charge in [0.05, 0.1) is 0 Å². The van der Waals surface area contributed by atoms with Gasteiger partial charge in [-0.3, -0.25) is 15.0 Å². The van der Waals surface area contributed by atoms with E-state index >= 15 is 0 Å². The number of benzene rings is 1. The molecule has 4 atom stereocenters. The fraction of sp³-hybridized carbons (Fsp3) is 0.500. The molecule has 132 valence electrons. The Labute approximate surface area is 147 Å². The Morgan fingerprint density at radius 3 is 2.62 bits per heavy atom. The van der Waals surface area contributed by atoms with Gasteiger partial charge < -0.3 is 16.4 Å². The molecule has 3 rings (SSSR count). The normalized spacial score (nSPS) is 28.1. The van der Waals surface area contributed by atoms with E-state index in [0.717, 1.165) is 19.5 Å². The van der Waals surface area contributed by atoms with Gasteiger partial charge in [0, 0.05) is 18.5 Å². The predicted octanol–water partition coefficient (Wildman–Crippen LogP) is -0.620. The first-order valence-electron chi connectivity index (χ1n) is 7.91. The topological polar surface area (TPSA) is 108 Å². The standard InChI is InChI=1S/C16H23N5O2.ClH/c1-16(15(17)23,10-5-3-2-4-6-10)19-14(22)13-11-9-18-8-7-12(11)20-21-13;/h2-6,11-13,18,20-21H,7-9H2,1H3,(H2,17,23)(H,19,22);1H. The number of nitrogens with two attached hydrogens (primary N) is 1. The summed E-state index contributed by atoms with van der Waals surface area (Å²) in [7, 11) is 0. The van der Waals surface area contributed by atoms with Crippen LogP contribution in [-0.2, 0) is 15.1 Å². The Morgan fingerprint density at radius 2 is 1.96 bits per heavy atom. The molecule has 2 fully saturated rings. The van der Waals surface area contributed by atoms with Crippen LogP contribution in [0.4, 0.5) is 0 Å². The number of primary amides is 1. The lowest BCUT2D eigenvalue weighted by Gasteiger charge is -2.32. The van der Waals surface area contributed by atoms with Crippen LogP contribution in [0, 0.1) is 5.92 Å². The molecule has 2 aliphatic rings. The highest BCUT2D eigenvalue weighted by molar-refractivity contribution is 5.93. The highest BCUT2D eigenvalue weighted by atomic mass is 35.5. The summed E-state index contributed by atoms with van der Waals surface area (Å²) in [5.74, 6) is -0.656. The van der Waals surface area contributed by atoms with Crippen molar-refractivity contribution in [2.75, 3.05) is 13.1 Å². The van der Waals surface area contributed by atoms with Gasteiger partial charge >= 0.3 is 0 Å². The molecule has 2 saturated heterocycles. The second-order valence-corrected chi connectivity index (χ2v) is 6.37. The van der Waals surface area contributed by atoms with Crippen LogP contribution in [0.2, 0.25) is 0 Å². The molecule has 1 aromatic carbocycles. The summed E-state index contributed by atoms with van der Waals surface area (Å²) in [6.07, 6.45) is 0.965. The number of rotatable bonds is 4. The number of amides is 2. The first-order valence-corrected chi connectivity index (χ1v) is 7.91. The zero-order valence-corrected chi connectivity index (χ0v) is 14.4. The maximum atomic E-state index is 12.7. The molecule has 0 radical (unpaired) electrons. The smallest absolute Gasteiger partial charge is 0.247 e. The molecule has 4 unspecified atom stereocenters. The Hall–Kier alpha value is -1.67. The van der Waals surface area contributed by atoms with Crippen molar-refractivity contribution in [3.63, 3.8) is 0 Å². The molecule has 0 bridgehead atoms. The number of hydrogen-bond acceptors (Lipinski definition) is 5. The van der Waals surface area contributed by atoms with Crippen molar-refractivity contribution in [1.82, 2.24) is 21.5 Å². The van der Waals surface area contributed by atoms with Gasteiger partial charge in [0.15, 0.2) is 0 Å². The van der Waals surface area contributed by atoms with Crippen molar-refractivity contribution in [3.8, 4) is 0 Å². The zero-order valence-electron chi connectivity index (χ0n) is 13.5. The third-order valence-corrected chi connectivity index (χ3v) is 4.88. The molecular weight excluding hydrogens is 330 g/mol. The zero-order chi connectivity index (χ0) is 16.4. The summed E-state index contributed by atoms with van der Waals surface area (Å²) in [5.41, 5.74) is 11.2. The molecule has 0 aliphatic carbocycles. The maximum Gasteiger partial charge on any atom is 0.247 e. The lowest BCUT2D eigenvalue weighted by molar-refractivity contribution is -0.132. The van der Waals surface area contributed by atoms with Crippen molar-refractivity contribution < 1.29 is 9.59 Å². The predicted molar refractivity (Wildman–Crippen MR) is 93.2 cm³/mol. The third kappa shape index (κ3) is 3.39. The molecule has 7 nitrogen and oxygen atoms in total. The average Bonchev–Trinajstić information content (AvgIpc) is 2.99. The van der Waals surface area contributed by atoms with Crippen LogP contribution in [0.15, 0.2) is 30.3 Å². The fourth-order valence-corrected chi connectivity index (χ4v) is 3.35. The molecule has 2 aliphatic heterocycles. The van der Waals surface area contributed by atoms with Gasteiger partial charge in [0.2, 0.25) is 11.8 Å². The monoisotopic (exact) mass is 353 g/mol. The SMILES string of the molecule is CC(NC(=O)C1NNC2CCNCC21)(C(N)=O)c1ccccc1.Cl. The van der Waals surface area contributed by atoms with Gasteiger partial charge in [0.1, 0.15) is 11.6 Å². The van der Waals surface area contributed by atoms with Gasteiger partial charge in [0.25, 0.3) is 0 Å². The average molecular weight is 354 g/mol. The number of nitrogens with one attached hydrogen (secondary N) is 4. The molecule has 2 amide bonds. The van der Waals surface area contributed by atoms with E-state index in [0.29, 0.717) is 5.56 Å². The minimum absolute atomic E-state index is 0. The van der Waals surface area contributed by atoms with E-state index in [1.54, 1.807) is 19.1 Å². The largest absolute Gasteiger partial charge is 0.367 e. The lowest BCUT2D eigenvalue weighted by atomic mass is 9.87. The van der Waals surface area contributed by atoms with E-state index in [-0.39, 0.29) is 30.3 Å². The van der Waals surface area contributed by atoms with Crippen molar-refractivity contribution >= 4 is 24.2 Å². The van der Waals surface area contributed by atoms with Crippen LogP contribution >= 0.6 is 12.4 Å². The molecule has 6 N–H and O–H groups in total. The highest BCUT2D eigenvalue weighted by Crippen LogP contribution is 2.24. The van der Waals surface area contributed by atoms with E-state index < -0.39 is 17.5 Å². The number of piperidine rings is 1. The number of hydrogen-bond donors (Lipinski definition) is 5. The highest BCUT2D eigenvalue weighted by Gasteiger charge is 2.44. The molecule has 8 heteroatoms. The molecule has 0 aromatic heterocycles. The molecule has 0 spiro atoms. The summed E-state index contributed by atoms with van der Waals surface area (Å²) in [6.45, 7) is 3.34. The van der Waals surface area contributed by atoms with Gasteiger partial charge in [-0.15, -0.1) is 12.4 Å². The maximum absolute atomic E-state index is 12.7. The van der Waals surface area contributed by atoms with Crippen LogP contribution in [0.25, 0.3) is 0 Å². The lowest BCUT2D eigenvalue weighted by Crippen LogP contribution is -2.58. The summed E-state index contributed by atoms with van der Waals surface area (Å²) in [6, 6.07) is 8.94. The molecule has 24 heavy (non-hydrogen) atoms. The first kappa shape index (κ1) is 18.7. The van der Waals surface area contributed by atoms with Crippen LogP contribution < -0.4 is 27.2 Å². The number of fused-ring (bicyclic) bond motifs is 1. The van der Waals surface area contributed by atoms with Crippen molar-refractivity contribution in [3.05, 3.63) is 35.9 Å². The summed E-state index contributed by atoms with van der Waals surface area (Å²) < 4.78 is 0. The number of hydrazine groups is 1. The molecule has 0 saturated carbocycles. The van der Waals surface area contributed by atoms with Gasteiger partial charge in [-0.05, 0) is 25.5 Å². The van der Waals surface area contributed by atoms with Gasteiger partial charge in [-0.25, -0.2) is 5.43 Å². The van der Waals surface area contributed by atoms with Crippen molar-refractivity contribution in [2.24, 2.45) is 11.7 Å². The number of halogens is 1. The van der Waals surface area contributed by atoms with E-state index in [1.165, 1.54) is 0 Å². The number of carbonyl (C=O) groups excluding carboxylic acids is 2. The van der Waals surface area contributed by atoms with Crippen LogP contribution in [0.3, 0.4) is 0 Å². The van der Waals surface area contributed by atoms with Gasteiger partial charge in [-0.2, -0.15) is 0 Å². The summed E-state index contributed by atoms with van der Waals surface area (Å²) in [4.78, 5) is 24.8. The van der Waals surface area contributed by atoms with Crippen molar-refractivity contribution in [1.29, 1.82) is 0 Å². The quantitative estimate of drug-likeness (QED) is 0.496. The Bertz CT molecular complexity index is 599. The summed E-state index contributed by atoms with van der Waals surface area (Å²) >= 11 is 0. The Balaban J connectivity index is 0.00000208. The number of carbonyl (C=O) groups is 2. The summed E-state index contributed by atoms with van der Waals surface area (Å²) in [5, 5.41) is 6.15. The minimum Gasteiger partial charge on any atom is -0.367 e. The minimum atomic E-state index is -1.24. The molecule has 1 aromatic rings. The Morgan fingerprint density at radius 1 is 1.25 bits per heavy atom. The van der Waals surface area contributed by atoms with E-state index in [9.17, 15) is 9.59 Å². The van der Waals surface area contributed by atoms with Crippen LogP contribution in [-0.4, -0.2) is 37.0 Å². The van der Waals surface area contributed by atoms with E-state index in [1.807, 2.05) is 18.2 Å². The van der Waals surface area contributed by atoms with Crippen molar-refractivity contribution in [2.45, 2.75) is 31.0 Å². The van der Waals surface area contributed by atoms with E-state index in [4.69, 9.17) is 5.73 Å². The Kier molecular flexibility index (Phi) is 5.82. The molecule has 2 heterocycles. The van der Waals surface area contributed by atoms with Crippen LogP contribution in [0.5, 0.6) is 0 Å². The van der Waals surface area contributed by atoms with E-state index in [2.05, 4.69) is 21.5 Å². The molecular formula is C16H24ClN5O2.